The van der Waals surface area contributed by atoms with Crippen LogP contribution in [0.15, 0.2) is 0 Å². The summed E-state index contributed by atoms with van der Waals surface area (Å²) in [6, 6.07) is -0.533. The van der Waals surface area contributed by atoms with Crippen molar-refractivity contribution in [2.45, 2.75) is 64.5 Å². The van der Waals surface area contributed by atoms with Crippen LogP contribution >= 0.6 is 0 Å². The van der Waals surface area contributed by atoms with Crippen LogP contribution in [0.2, 0.25) is 0 Å². The lowest BCUT2D eigenvalue weighted by atomic mass is 10.0. The molecular formula is C14H24N2O2. The Morgan fingerprint density at radius 3 is 2.50 bits per heavy atom. The highest BCUT2D eigenvalue weighted by molar-refractivity contribution is 5.96. The average Bonchev–Trinajstić information content (AvgIpc) is 3.17. The van der Waals surface area contributed by atoms with Crippen molar-refractivity contribution in [1.82, 2.24) is 10.2 Å². The van der Waals surface area contributed by atoms with Gasteiger partial charge in [-0.25, -0.2) is 0 Å². The first-order valence-corrected chi connectivity index (χ1v) is 7.28. The van der Waals surface area contributed by atoms with Gasteiger partial charge in [0.25, 0.3) is 0 Å². The number of carbonyl (C=O) groups excluding carboxylic acids is 2. The first-order chi connectivity index (χ1) is 8.67. The normalized spacial score (nSPS) is 28.4. The fourth-order valence-corrected chi connectivity index (χ4v) is 2.66. The van der Waals surface area contributed by atoms with Gasteiger partial charge in [-0.1, -0.05) is 33.1 Å². The highest BCUT2D eigenvalue weighted by atomic mass is 16.2. The zero-order valence-corrected chi connectivity index (χ0v) is 11.4. The second-order valence-electron chi connectivity index (χ2n) is 5.54. The topological polar surface area (TPSA) is 49.4 Å². The molecule has 1 heterocycles. The third-order valence-corrected chi connectivity index (χ3v) is 4.02. The largest absolute Gasteiger partial charge is 0.343 e. The molecule has 2 atom stereocenters. The van der Waals surface area contributed by atoms with Gasteiger partial charge in [-0.15, -0.1) is 0 Å². The van der Waals surface area contributed by atoms with Crippen molar-refractivity contribution in [2.24, 2.45) is 5.92 Å². The van der Waals surface area contributed by atoms with Crippen LogP contribution in [-0.4, -0.2) is 35.3 Å². The predicted molar refractivity (Wildman–Crippen MR) is 70.0 cm³/mol. The van der Waals surface area contributed by atoms with Gasteiger partial charge < -0.3 is 10.2 Å². The molecule has 2 rings (SSSR count). The molecule has 4 nitrogen and oxygen atoms in total. The van der Waals surface area contributed by atoms with Crippen LogP contribution < -0.4 is 5.32 Å². The third-order valence-electron chi connectivity index (χ3n) is 4.02. The third kappa shape index (κ3) is 2.85. The average molecular weight is 252 g/mol. The molecule has 2 fully saturated rings. The van der Waals surface area contributed by atoms with Crippen LogP contribution in [0.25, 0.3) is 0 Å². The van der Waals surface area contributed by atoms with E-state index in [2.05, 4.69) is 12.2 Å². The van der Waals surface area contributed by atoms with Gasteiger partial charge in [-0.3, -0.25) is 9.59 Å². The number of hydrogen-bond donors (Lipinski definition) is 1. The molecule has 18 heavy (non-hydrogen) atoms. The van der Waals surface area contributed by atoms with Crippen LogP contribution in [-0.2, 0) is 9.59 Å². The first-order valence-electron chi connectivity index (χ1n) is 7.28. The lowest BCUT2D eigenvalue weighted by molar-refractivity contribution is -0.149. The van der Waals surface area contributed by atoms with E-state index in [1.165, 1.54) is 12.8 Å². The summed E-state index contributed by atoms with van der Waals surface area (Å²) in [5, 5.41) is 2.85. The van der Waals surface area contributed by atoms with E-state index in [1.54, 1.807) is 0 Å². The fourth-order valence-electron chi connectivity index (χ4n) is 2.66. The maximum absolute atomic E-state index is 12.3. The molecule has 0 aromatic rings. The van der Waals surface area contributed by atoms with Crippen molar-refractivity contribution in [3.8, 4) is 0 Å². The maximum Gasteiger partial charge on any atom is 0.245 e. The van der Waals surface area contributed by atoms with Crippen LogP contribution in [0.4, 0.5) is 0 Å². The predicted octanol–water partition coefficient (Wildman–Crippen LogP) is 1.69. The Morgan fingerprint density at radius 2 is 1.94 bits per heavy atom. The van der Waals surface area contributed by atoms with Gasteiger partial charge in [0.05, 0.1) is 0 Å². The standard InChI is InChI=1S/C14H24N2O2/c1-3-5-12-13(17)15-11(4-2)14(18)16(12)9-8-10-6-7-10/h10-12H,3-9H2,1-2H3,(H,15,17). The van der Waals surface area contributed by atoms with Gasteiger partial charge >= 0.3 is 0 Å². The van der Waals surface area contributed by atoms with Gasteiger partial charge in [0, 0.05) is 6.54 Å². The number of nitrogens with one attached hydrogen (secondary N) is 1. The summed E-state index contributed by atoms with van der Waals surface area (Å²) in [5.74, 6) is 0.959. The fraction of sp³-hybridized carbons (Fsp3) is 0.857. The molecule has 4 heteroatoms. The molecule has 2 unspecified atom stereocenters. The summed E-state index contributed by atoms with van der Waals surface area (Å²) in [5.41, 5.74) is 0. The zero-order valence-electron chi connectivity index (χ0n) is 11.4. The first kappa shape index (κ1) is 13.4. The Morgan fingerprint density at radius 1 is 1.22 bits per heavy atom. The highest BCUT2D eigenvalue weighted by Gasteiger charge is 2.39. The second-order valence-corrected chi connectivity index (χ2v) is 5.54. The van der Waals surface area contributed by atoms with Crippen molar-refractivity contribution in [3.63, 3.8) is 0 Å². The van der Waals surface area contributed by atoms with E-state index >= 15 is 0 Å². The van der Waals surface area contributed by atoms with Gasteiger partial charge in [-0.05, 0) is 25.2 Å². The number of hydrogen-bond acceptors (Lipinski definition) is 2. The smallest absolute Gasteiger partial charge is 0.245 e. The summed E-state index contributed by atoms with van der Waals surface area (Å²) >= 11 is 0. The zero-order chi connectivity index (χ0) is 13.1. The van der Waals surface area contributed by atoms with Gasteiger partial charge in [0.2, 0.25) is 11.8 Å². The minimum atomic E-state index is -0.301. The van der Waals surface area contributed by atoms with E-state index in [0.29, 0.717) is 6.42 Å². The van der Waals surface area contributed by atoms with Crippen LogP contribution in [0.5, 0.6) is 0 Å². The molecule has 2 amide bonds. The molecule has 1 saturated heterocycles. The molecule has 0 aromatic heterocycles. The molecule has 0 bridgehead atoms. The number of nitrogens with zero attached hydrogens (tertiary/aromatic N) is 1. The van der Waals surface area contributed by atoms with Crippen molar-refractivity contribution in [3.05, 3.63) is 0 Å². The van der Waals surface area contributed by atoms with E-state index in [0.717, 1.165) is 31.7 Å². The van der Waals surface area contributed by atoms with Crippen LogP contribution in [0.1, 0.15) is 52.4 Å². The Labute approximate surface area is 109 Å². The lowest BCUT2D eigenvalue weighted by Gasteiger charge is -2.39. The second kappa shape index (κ2) is 5.72. The molecule has 0 radical (unpaired) electrons. The number of piperazine rings is 1. The van der Waals surface area contributed by atoms with E-state index in [9.17, 15) is 9.59 Å². The van der Waals surface area contributed by atoms with Crippen molar-refractivity contribution < 1.29 is 9.59 Å². The van der Waals surface area contributed by atoms with E-state index in [4.69, 9.17) is 0 Å². The highest BCUT2D eigenvalue weighted by Crippen LogP contribution is 2.33. The molecular weight excluding hydrogens is 228 g/mol. The molecule has 1 aliphatic heterocycles. The molecule has 1 aliphatic carbocycles. The Hall–Kier alpha value is -1.06. The Kier molecular flexibility index (Phi) is 4.25. The molecule has 0 aromatic carbocycles. The van der Waals surface area contributed by atoms with E-state index in [1.807, 2.05) is 11.8 Å². The quantitative estimate of drug-likeness (QED) is 0.782. The number of rotatable bonds is 6. The minimum absolute atomic E-state index is 0.0408. The summed E-state index contributed by atoms with van der Waals surface area (Å²) in [7, 11) is 0. The lowest BCUT2D eigenvalue weighted by Crippen LogP contribution is -2.63. The van der Waals surface area contributed by atoms with Crippen molar-refractivity contribution in [2.75, 3.05) is 6.54 Å². The minimum Gasteiger partial charge on any atom is -0.343 e. The monoisotopic (exact) mass is 252 g/mol. The van der Waals surface area contributed by atoms with Gasteiger partial charge in [-0.2, -0.15) is 0 Å². The van der Waals surface area contributed by atoms with Crippen LogP contribution in [0, 0.1) is 5.92 Å². The van der Waals surface area contributed by atoms with Crippen LogP contribution in [0.3, 0.4) is 0 Å². The summed E-state index contributed by atoms with van der Waals surface area (Å²) in [6.45, 7) is 4.77. The van der Waals surface area contributed by atoms with Gasteiger partial charge in [0.1, 0.15) is 12.1 Å². The van der Waals surface area contributed by atoms with E-state index < -0.39 is 0 Å². The maximum atomic E-state index is 12.3. The van der Waals surface area contributed by atoms with Crippen molar-refractivity contribution >= 4 is 11.8 Å². The number of carbonyl (C=O) groups is 2. The number of amides is 2. The van der Waals surface area contributed by atoms with Gasteiger partial charge in [0.15, 0.2) is 0 Å². The summed E-state index contributed by atoms with van der Waals surface area (Å²) < 4.78 is 0. The van der Waals surface area contributed by atoms with E-state index in [-0.39, 0.29) is 23.9 Å². The Balaban J connectivity index is 2.04. The summed E-state index contributed by atoms with van der Waals surface area (Å²) in [6.07, 6.45) is 6.05. The molecule has 102 valence electrons. The van der Waals surface area contributed by atoms with Crippen molar-refractivity contribution in [1.29, 1.82) is 0 Å². The molecule has 2 aliphatic rings. The molecule has 0 spiro atoms. The Bertz CT molecular complexity index is 326. The summed E-state index contributed by atoms with van der Waals surface area (Å²) in [4.78, 5) is 26.2. The SMILES string of the molecule is CCCC1C(=O)NC(CC)C(=O)N1CCC1CC1. The molecule has 1 saturated carbocycles. The molecule has 1 N–H and O–H groups in total.